The minimum absolute atomic E-state index is 0.112. The van der Waals surface area contributed by atoms with Crippen molar-refractivity contribution >= 4 is 6.29 Å². The normalized spacial score (nSPS) is 42.6. The third kappa shape index (κ3) is 2.11. The van der Waals surface area contributed by atoms with E-state index in [0.29, 0.717) is 0 Å². The van der Waals surface area contributed by atoms with Crippen molar-refractivity contribution in [2.45, 2.75) is 50.0 Å². The number of hydrogen-bond acceptors (Lipinski definition) is 6. The Bertz CT molecular complexity index is 573. The average molecular weight is 306 g/mol. The highest BCUT2D eigenvalue weighted by molar-refractivity contribution is 5.65. The molecule has 3 aliphatic rings. The number of hydrogen-bond donors (Lipinski definition) is 0. The Hall–Kier alpha value is -1.31. The van der Waals surface area contributed by atoms with Crippen LogP contribution in [0.15, 0.2) is 30.3 Å². The van der Waals surface area contributed by atoms with E-state index in [1.165, 1.54) is 0 Å². The molecule has 5 atom stereocenters. The van der Waals surface area contributed by atoms with Gasteiger partial charge in [0.25, 0.3) is 0 Å². The molecule has 0 spiro atoms. The van der Waals surface area contributed by atoms with Crippen molar-refractivity contribution in [3.05, 3.63) is 35.9 Å². The highest BCUT2D eigenvalue weighted by Gasteiger charge is 2.65. The molecule has 3 fully saturated rings. The van der Waals surface area contributed by atoms with Crippen LogP contribution >= 0.6 is 0 Å². The lowest BCUT2D eigenvalue weighted by Crippen LogP contribution is -2.55. The Morgan fingerprint density at radius 1 is 1.14 bits per heavy atom. The number of carbonyl (C=O) groups excluding carboxylic acids is 1. The summed E-state index contributed by atoms with van der Waals surface area (Å²) < 4.78 is 29.1. The smallest absolute Gasteiger partial charge is 0.191 e. The summed E-state index contributed by atoms with van der Waals surface area (Å²) in [5.41, 5.74) is -0.277. The van der Waals surface area contributed by atoms with Crippen LogP contribution in [0.25, 0.3) is 0 Å². The zero-order valence-electron chi connectivity index (χ0n) is 12.4. The minimum Gasteiger partial charge on any atom is -0.345 e. The van der Waals surface area contributed by atoms with Crippen molar-refractivity contribution in [2.24, 2.45) is 0 Å². The second kappa shape index (κ2) is 4.84. The van der Waals surface area contributed by atoms with E-state index in [2.05, 4.69) is 0 Å². The van der Waals surface area contributed by atoms with Crippen molar-refractivity contribution in [1.29, 1.82) is 0 Å². The van der Waals surface area contributed by atoms with Crippen LogP contribution in [-0.4, -0.2) is 42.8 Å². The summed E-state index contributed by atoms with van der Waals surface area (Å²) in [6.45, 7) is 3.73. The SMILES string of the molecule is CC1(C)O[C@H]2O[C@]3(C=O)COC(c4ccccc4)O[C@@H]3[C@H]2O1. The maximum absolute atomic E-state index is 11.6. The van der Waals surface area contributed by atoms with Gasteiger partial charge in [-0.05, 0) is 13.8 Å². The lowest BCUT2D eigenvalue weighted by atomic mass is 9.96. The van der Waals surface area contributed by atoms with E-state index in [9.17, 15) is 4.79 Å². The number of fused-ring (bicyclic) bond motifs is 3. The Balaban J connectivity index is 1.61. The van der Waals surface area contributed by atoms with E-state index < -0.39 is 36.2 Å². The van der Waals surface area contributed by atoms with Crippen LogP contribution in [0, 0.1) is 0 Å². The molecule has 3 saturated heterocycles. The fourth-order valence-electron chi connectivity index (χ4n) is 3.22. The van der Waals surface area contributed by atoms with E-state index >= 15 is 0 Å². The Labute approximate surface area is 128 Å². The molecule has 0 saturated carbocycles. The minimum atomic E-state index is -1.17. The molecule has 0 aromatic heterocycles. The standard InChI is InChI=1S/C16H18O6/c1-15(2)20-11-12-16(8-17,22-14(11)21-15)9-18-13(19-12)10-6-4-3-5-7-10/h3-8,11-14H,9H2,1-2H3/t11-,12-,13?,14+,16-/m1/s1. The maximum Gasteiger partial charge on any atom is 0.191 e. The van der Waals surface area contributed by atoms with Crippen LogP contribution in [0.2, 0.25) is 0 Å². The molecule has 118 valence electrons. The number of carbonyl (C=O) groups is 1. The number of ether oxygens (including phenoxy) is 5. The van der Waals surface area contributed by atoms with Gasteiger partial charge in [-0.15, -0.1) is 0 Å². The van der Waals surface area contributed by atoms with Gasteiger partial charge in [-0.3, -0.25) is 4.79 Å². The first-order valence-corrected chi connectivity index (χ1v) is 7.35. The topological polar surface area (TPSA) is 63.2 Å². The first kappa shape index (κ1) is 14.3. The van der Waals surface area contributed by atoms with Crippen molar-refractivity contribution < 1.29 is 28.5 Å². The van der Waals surface area contributed by atoms with Crippen molar-refractivity contribution in [1.82, 2.24) is 0 Å². The molecule has 1 unspecified atom stereocenters. The molecular formula is C16H18O6. The third-order valence-corrected chi connectivity index (χ3v) is 4.21. The van der Waals surface area contributed by atoms with Gasteiger partial charge in [-0.25, -0.2) is 0 Å². The van der Waals surface area contributed by atoms with Crippen LogP contribution < -0.4 is 0 Å². The third-order valence-electron chi connectivity index (χ3n) is 4.21. The molecule has 4 rings (SSSR count). The van der Waals surface area contributed by atoms with Gasteiger partial charge in [0.2, 0.25) is 0 Å². The van der Waals surface area contributed by atoms with E-state index in [1.807, 2.05) is 44.2 Å². The van der Waals surface area contributed by atoms with Gasteiger partial charge in [0, 0.05) is 5.56 Å². The lowest BCUT2D eigenvalue weighted by molar-refractivity contribution is -0.306. The maximum atomic E-state index is 11.6. The highest BCUT2D eigenvalue weighted by Crippen LogP contribution is 2.47. The van der Waals surface area contributed by atoms with E-state index in [-0.39, 0.29) is 6.61 Å². The molecule has 0 amide bonds. The second-order valence-corrected chi connectivity index (χ2v) is 6.27. The molecule has 0 radical (unpaired) electrons. The Kier molecular flexibility index (Phi) is 3.15. The van der Waals surface area contributed by atoms with Crippen molar-refractivity contribution in [3.8, 4) is 0 Å². The summed E-state index contributed by atoms with van der Waals surface area (Å²) in [6.07, 6.45) is -1.44. The van der Waals surface area contributed by atoms with Crippen molar-refractivity contribution in [3.63, 3.8) is 0 Å². The molecule has 6 heteroatoms. The van der Waals surface area contributed by atoms with Crippen LogP contribution in [0.5, 0.6) is 0 Å². The van der Waals surface area contributed by atoms with Crippen LogP contribution in [0.1, 0.15) is 25.7 Å². The van der Waals surface area contributed by atoms with E-state index in [0.717, 1.165) is 11.8 Å². The fraction of sp³-hybridized carbons (Fsp3) is 0.562. The van der Waals surface area contributed by atoms with Gasteiger partial charge in [-0.2, -0.15) is 0 Å². The first-order valence-electron chi connectivity index (χ1n) is 7.35. The molecule has 3 heterocycles. The lowest BCUT2D eigenvalue weighted by Gasteiger charge is -2.39. The van der Waals surface area contributed by atoms with Crippen LogP contribution in [0.3, 0.4) is 0 Å². The fourth-order valence-corrected chi connectivity index (χ4v) is 3.22. The van der Waals surface area contributed by atoms with E-state index in [1.54, 1.807) is 0 Å². The zero-order chi connectivity index (χ0) is 15.4. The van der Waals surface area contributed by atoms with Crippen molar-refractivity contribution in [2.75, 3.05) is 6.61 Å². The summed E-state index contributed by atoms with van der Waals surface area (Å²) in [7, 11) is 0. The van der Waals surface area contributed by atoms with Gasteiger partial charge in [0.15, 0.2) is 30.3 Å². The molecule has 6 nitrogen and oxygen atoms in total. The summed E-state index contributed by atoms with van der Waals surface area (Å²) in [4.78, 5) is 11.6. The quantitative estimate of drug-likeness (QED) is 0.773. The monoisotopic (exact) mass is 306 g/mol. The van der Waals surface area contributed by atoms with Crippen LogP contribution in [-0.2, 0) is 28.5 Å². The average Bonchev–Trinajstić information content (AvgIpc) is 2.97. The Morgan fingerprint density at radius 3 is 2.64 bits per heavy atom. The summed E-state index contributed by atoms with van der Waals surface area (Å²) in [6, 6.07) is 9.59. The number of aldehydes is 1. The van der Waals surface area contributed by atoms with Crippen LogP contribution in [0.4, 0.5) is 0 Å². The number of benzene rings is 1. The van der Waals surface area contributed by atoms with Gasteiger partial charge in [0.1, 0.15) is 12.2 Å². The molecule has 3 aliphatic heterocycles. The Morgan fingerprint density at radius 2 is 1.91 bits per heavy atom. The zero-order valence-corrected chi connectivity index (χ0v) is 12.4. The molecule has 1 aromatic rings. The highest BCUT2D eigenvalue weighted by atomic mass is 16.9. The molecular weight excluding hydrogens is 288 g/mol. The van der Waals surface area contributed by atoms with Gasteiger partial charge >= 0.3 is 0 Å². The second-order valence-electron chi connectivity index (χ2n) is 6.27. The van der Waals surface area contributed by atoms with Gasteiger partial charge in [-0.1, -0.05) is 30.3 Å². The van der Waals surface area contributed by atoms with Gasteiger partial charge < -0.3 is 23.7 Å². The largest absolute Gasteiger partial charge is 0.345 e. The summed E-state index contributed by atoms with van der Waals surface area (Å²) in [5, 5.41) is 0. The summed E-state index contributed by atoms with van der Waals surface area (Å²) in [5.74, 6) is -0.756. The number of rotatable bonds is 2. The molecule has 1 aromatic carbocycles. The molecule has 0 bridgehead atoms. The first-order chi connectivity index (χ1) is 10.5. The summed E-state index contributed by atoms with van der Waals surface area (Å²) >= 11 is 0. The van der Waals surface area contributed by atoms with Gasteiger partial charge in [0.05, 0.1) is 6.61 Å². The predicted octanol–water partition coefficient (Wildman–Crippen LogP) is 1.55. The predicted molar refractivity (Wildman–Crippen MR) is 73.7 cm³/mol. The molecule has 0 aliphatic carbocycles. The van der Waals surface area contributed by atoms with E-state index in [4.69, 9.17) is 23.7 Å². The molecule has 0 N–H and O–H groups in total. The molecule has 22 heavy (non-hydrogen) atoms.